The summed E-state index contributed by atoms with van der Waals surface area (Å²) in [5, 5.41) is 8.53. The van der Waals surface area contributed by atoms with E-state index in [4.69, 9.17) is 4.74 Å². The average Bonchev–Trinajstić information content (AvgIpc) is 2.58. The maximum atomic E-state index is 13.4. The Labute approximate surface area is 185 Å². The predicted octanol–water partition coefficient (Wildman–Crippen LogP) is 3.40. The molecule has 1 aliphatic rings. The summed E-state index contributed by atoms with van der Waals surface area (Å²) in [6, 6.07) is 3.48. The molecule has 147 valence electrons. The molecule has 0 bridgehead atoms. The Bertz CT molecular complexity index is 670. The number of nitrogens with one attached hydrogen (secondary N) is 3. The van der Waals surface area contributed by atoms with Crippen LogP contribution < -0.4 is 20.7 Å². The van der Waals surface area contributed by atoms with Gasteiger partial charge in [0.2, 0.25) is 5.91 Å². The number of hydrogen-bond donors (Lipinski definition) is 3. The zero-order chi connectivity index (χ0) is 19.3. The van der Waals surface area contributed by atoms with Crippen molar-refractivity contribution in [3.05, 3.63) is 36.1 Å². The first-order valence-electron chi connectivity index (χ1n) is 8.88. The fourth-order valence-corrected chi connectivity index (χ4v) is 2.74. The number of carbonyl (C=O) groups is 2. The third kappa shape index (κ3) is 6.81. The van der Waals surface area contributed by atoms with Gasteiger partial charge in [-0.05, 0) is 30.4 Å². The van der Waals surface area contributed by atoms with E-state index in [0.717, 1.165) is 18.9 Å². The molecule has 3 N–H and O–H groups in total. The van der Waals surface area contributed by atoms with Gasteiger partial charge in [0.25, 0.3) is 0 Å². The maximum Gasteiger partial charge on any atom is 0.414 e. The summed E-state index contributed by atoms with van der Waals surface area (Å²) in [5.74, 6) is -0.512. The summed E-state index contributed by atoms with van der Waals surface area (Å²) in [4.78, 5) is 24.2. The van der Waals surface area contributed by atoms with Crippen LogP contribution in [0.25, 0.3) is 0 Å². The van der Waals surface area contributed by atoms with Crippen molar-refractivity contribution in [1.82, 2.24) is 16.0 Å². The van der Waals surface area contributed by atoms with Crippen LogP contribution in [0.1, 0.15) is 58.7 Å². The predicted molar refractivity (Wildman–Crippen MR) is 96.6 cm³/mol. The zero-order valence-electron chi connectivity index (χ0n) is 16.3. The Morgan fingerprint density at radius 3 is 2.78 bits per heavy atom. The number of rotatable bonds is 8. The van der Waals surface area contributed by atoms with Gasteiger partial charge in [0.1, 0.15) is 17.7 Å². The van der Waals surface area contributed by atoms with Crippen molar-refractivity contribution in [2.75, 3.05) is 0 Å². The number of halogens is 1. The number of carbonyl (C=O) groups excluding carboxylic acids is 2. The molecule has 2 atom stereocenters. The first-order chi connectivity index (χ1) is 12.3. The van der Waals surface area contributed by atoms with E-state index < -0.39 is 24.1 Å². The molecule has 0 aliphatic carbocycles. The van der Waals surface area contributed by atoms with Gasteiger partial charge in [0.05, 0.1) is 6.04 Å². The van der Waals surface area contributed by atoms with Crippen LogP contribution in [0.3, 0.4) is 0 Å². The molecule has 0 spiro atoms. The summed E-state index contributed by atoms with van der Waals surface area (Å²) >= 11 is 0. The maximum absolute atomic E-state index is 13.4. The van der Waals surface area contributed by atoms with Crippen molar-refractivity contribution >= 4 is 12.0 Å². The molecule has 27 heavy (non-hydrogen) atoms. The van der Waals surface area contributed by atoms with Gasteiger partial charge in [0, 0.05) is 44.3 Å². The molecule has 1 unspecified atom stereocenters. The first-order valence-corrected chi connectivity index (χ1v) is 8.88. The third-order valence-electron chi connectivity index (χ3n) is 4.79. The minimum atomic E-state index is -0.685. The smallest absolute Gasteiger partial charge is 0.414 e. The van der Waals surface area contributed by atoms with Crippen molar-refractivity contribution in [1.29, 1.82) is 0 Å². The van der Waals surface area contributed by atoms with Crippen LogP contribution in [0.4, 0.5) is 9.18 Å². The molecule has 8 heteroatoms. The SMILES string of the molecule is C[CH-]NC(=O)[C@H](CCC(C)(C)CC)NC1NC(=O)Oc2cc(F)ccc21.[Y]. The second-order valence-corrected chi connectivity index (χ2v) is 7.22. The topological polar surface area (TPSA) is 79.5 Å². The number of hydrogen-bond acceptors (Lipinski definition) is 4. The van der Waals surface area contributed by atoms with E-state index in [9.17, 15) is 14.0 Å². The monoisotopic (exact) mass is 453 g/mol. The van der Waals surface area contributed by atoms with Crippen LogP contribution in [0, 0.1) is 17.8 Å². The van der Waals surface area contributed by atoms with E-state index in [-0.39, 0.29) is 49.8 Å². The molecular weight excluding hydrogens is 426 g/mol. The minimum absolute atomic E-state index is 0. The second-order valence-electron chi connectivity index (χ2n) is 7.22. The van der Waals surface area contributed by atoms with Gasteiger partial charge in [-0.15, -0.1) is 0 Å². The molecule has 2 rings (SSSR count). The molecule has 0 saturated carbocycles. The second kappa shape index (κ2) is 10.5. The summed E-state index contributed by atoms with van der Waals surface area (Å²) in [6.07, 6.45) is 1.12. The van der Waals surface area contributed by atoms with Gasteiger partial charge >= 0.3 is 6.09 Å². The number of amides is 2. The molecule has 0 fully saturated rings. The summed E-state index contributed by atoms with van der Waals surface area (Å²) in [5.41, 5.74) is 0.690. The molecule has 0 saturated heterocycles. The molecule has 6 nitrogen and oxygen atoms in total. The van der Waals surface area contributed by atoms with Crippen molar-refractivity contribution in [2.45, 2.75) is 59.2 Å². The van der Waals surface area contributed by atoms with Crippen molar-refractivity contribution in [2.24, 2.45) is 5.41 Å². The molecule has 1 aromatic rings. The van der Waals surface area contributed by atoms with E-state index >= 15 is 0 Å². The minimum Gasteiger partial charge on any atom is -0.505 e. The van der Waals surface area contributed by atoms with Gasteiger partial charge in [-0.2, -0.15) is 6.92 Å². The van der Waals surface area contributed by atoms with E-state index in [1.165, 1.54) is 6.07 Å². The molecule has 2 amide bonds. The van der Waals surface area contributed by atoms with Gasteiger partial charge in [-0.3, -0.25) is 10.1 Å². The van der Waals surface area contributed by atoms with Crippen LogP contribution in [-0.2, 0) is 37.5 Å². The Balaban J connectivity index is 0.00000364. The first kappa shape index (κ1) is 24.0. The molecule has 1 aliphatic heterocycles. The average molecular weight is 453 g/mol. The molecule has 1 radical (unpaired) electrons. The number of benzene rings is 1. The Hall–Kier alpha value is -1.05. The Morgan fingerprint density at radius 1 is 1.44 bits per heavy atom. The van der Waals surface area contributed by atoms with E-state index in [2.05, 4.69) is 36.7 Å². The molecular formula is C19H27FN3O3Y-. The van der Waals surface area contributed by atoms with Gasteiger partial charge in [-0.25, -0.2) is 15.7 Å². The zero-order valence-corrected chi connectivity index (χ0v) is 19.1. The molecule has 0 aromatic heterocycles. The van der Waals surface area contributed by atoms with Crippen LogP contribution in [-0.4, -0.2) is 18.0 Å². The fourth-order valence-electron chi connectivity index (χ4n) is 2.74. The molecule has 1 aromatic carbocycles. The van der Waals surface area contributed by atoms with Crippen molar-refractivity contribution in [3.63, 3.8) is 0 Å². The van der Waals surface area contributed by atoms with Crippen LogP contribution in [0.2, 0.25) is 0 Å². The van der Waals surface area contributed by atoms with Crippen LogP contribution in [0.15, 0.2) is 18.2 Å². The number of ether oxygens (including phenoxy) is 1. The fraction of sp³-hybridized carbons (Fsp3) is 0.526. The summed E-state index contributed by atoms with van der Waals surface area (Å²) in [6.45, 7) is 9.74. The third-order valence-corrected chi connectivity index (χ3v) is 4.79. The van der Waals surface area contributed by atoms with Crippen LogP contribution in [0.5, 0.6) is 5.75 Å². The van der Waals surface area contributed by atoms with E-state index in [1.54, 1.807) is 19.5 Å². The normalized spacial score (nSPS) is 17.1. The Kier molecular flexibility index (Phi) is 9.32. The van der Waals surface area contributed by atoms with Gasteiger partial charge < -0.3 is 15.4 Å². The number of fused-ring (bicyclic) bond motifs is 1. The summed E-state index contributed by atoms with van der Waals surface area (Å²) < 4.78 is 18.5. The Morgan fingerprint density at radius 2 is 2.15 bits per heavy atom. The van der Waals surface area contributed by atoms with Gasteiger partial charge in [0.15, 0.2) is 0 Å². The summed E-state index contributed by atoms with van der Waals surface area (Å²) in [7, 11) is 0. The van der Waals surface area contributed by atoms with E-state index in [0.29, 0.717) is 12.0 Å². The quantitative estimate of drug-likeness (QED) is 0.528. The van der Waals surface area contributed by atoms with Gasteiger partial charge in [-0.1, -0.05) is 27.2 Å². The molecule has 1 heterocycles. The van der Waals surface area contributed by atoms with Crippen LogP contribution >= 0.6 is 0 Å². The van der Waals surface area contributed by atoms with Crippen molar-refractivity contribution in [3.8, 4) is 5.75 Å². The van der Waals surface area contributed by atoms with Crippen molar-refractivity contribution < 1.29 is 51.4 Å². The van der Waals surface area contributed by atoms with E-state index in [1.807, 2.05) is 0 Å². The standard InChI is InChI=1S/C19H27FN3O3.Y/c1-5-19(3,4)10-9-14(17(24)21-6-2)22-16-13-8-7-12(20)11-15(13)26-18(25)23-16;/h6-8,11,14,16,22H,5,9-10H2,1-4H3,(H,21,24)(H,23,25);/q-1;/t14-,16?;/m0./s1. The largest absolute Gasteiger partial charge is 0.505 e.